The number of halogens is 2. The van der Waals surface area contributed by atoms with Crippen LogP contribution < -0.4 is 16.6 Å². The number of hydrogen-bond acceptors (Lipinski definition) is 3. The monoisotopic (exact) mass is 426 g/mol. The molecule has 1 amide bonds. The van der Waals surface area contributed by atoms with Crippen molar-refractivity contribution >= 4 is 28.5 Å². The fourth-order valence-electron chi connectivity index (χ4n) is 3.19. The summed E-state index contributed by atoms with van der Waals surface area (Å²) in [5.74, 6) is -1.01. The van der Waals surface area contributed by atoms with Gasteiger partial charge in [-0.1, -0.05) is 48.0 Å². The van der Waals surface area contributed by atoms with E-state index in [4.69, 9.17) is 11.6 Å². The Kier molecular flexibility index (Phi) is 5.24. The van der Waals surface area contributed by atoms with Crippen LogP contribution in [0.25, 0.3) is 22.2 Å². The Morgan fingerprint density at radius 1 is 1.03 bits per heavy atom. The Morgan fingerprint density at radius 2 is 1.77 bits per heavy atom. The van der Waals surface area contributed by atoms with Crippen LogP contribution in [0.4, 0.5) is 4.39 Å². The average molecular weight is 427 g/mol. The molecule has 4 aromatic rings. The first-order valence-electron chi connectivity index (χ1n) is 9.05. The Labute approximate surface area is 174 Å². The zero-order valence-corrected chi connectivity index (χ0v) is 16.3. The van der Waals surface area contributed by atoms with Crippen LogP contribution in [-0.4, -0.2) is 20.4 Å². The third-order valence-corrected chi connectivity index (χ3v) is 5.08. The van der Waals surface area contributed by atoms with Crippen molar-refractivity contribution in [3.05, 3.63) is 92.0 Å². The number of carbonyl (C=O) groups is 1. The van der Waals surface area contributed by atoms with Crippen LogP contribution in [-0.2, 0) is 17.9 Å². The number of nitrogens with zero attached hydrogens (tertiary/aromatic N) is 1. The first kappa shape index (κ1) is 19.7. The molecule has 30 heavy (non-hydrogen) atoms. The maximum Gasteiger partial charge on any atom is 0.329 e. The van der Waals surface area contributed by atoms with Gasteiger partial charge in [0.25, 0.3) is 5.56 Å². The summed E-state index contributed by atoms with van der Waals surface area (Å²) in [5.41, 5.74) is 0.126. The van der Waals surface area contributed by atoms with Crippen LogP contribution in [0.15, 0.2) is 64.3 Å². The second kappa shape index (κ2) is 8.00. The molecule has 0 radical (unpaired) electrons. The van der Waals surface area contributed by atoms with Gasteiger partial charge < -0.3 is 15.3 Å². The van der Waals surface area contributed by atoms with E-state index in [1.807, 2.05) is 0 Å². The summed E-state index contributed by atoms with van der Waals surface area (Å²) in [6, 6.07) is 13.1. The fraction of sp³-hybridized carbons (Fsp3) is 0.0952. The highest BCUT2D eigenvalue weighted by Crippen LogP contribution is 2.27. The smallest absolute Gasteiger partial charge is 0.329 e. The van der Waals surface area contributed by atoms with Gasteiger partial charge in [0.15, 0.2) is 0 Å². The molecule has 0 saturated heterocycles. The molecule has 0 aliphatic heterocycles. The van der Waals surface area contributed by atoms with Gasteiger partial charge in [0.1, 0.15) is 17.9 Å². The number of aromatic amines is 2. The number of hydrogen-bond donors (Lipinski definition) is 3. The highest BCUT2D eigenvalue weighted by Gasteiger charge is 2.17. The number of H-pyrrole nitrogens is 2. The number of amides is 1. The maximum absolute atomic E-state index is 14.1. The average Bonchev–Trinajstić information content (AvgIpc) is 3.14. The van der Waals surface area contributed by atoms with Crippen molar-refractivity contribution in [2.24, 2.45) is 0 Å². The molecule has 0 unspecified atom stereocenters. The zero-order chi connectivity index (χ0) is 21.3. The molecule has 152 valence electrons. The van der Waals surface area contributed by atoms with E-state index < -0.39 is 29.5 Å². The summed E-state index contributed by atoms with van der Waals surface area (Å²) in [6.07, 6.45) is 1.45. The molecule has 0 bridgehead atoms. The van der Waals surface area contributed by atoms with Gasteiger partial charge in [0.2, 0.25) is 5.91 Å². The van der Waals surface area contributed by atoms with Crippen LogP contribution in [0.5, 0.6) is 0 Å². The fourth-order valence-corrected chi connectivity index (χ4v) is 3.40. The van der Waals surface area contributed by atoms with Crippen molar-refractivity contribution in [1.82, 2.24) is 19.9 Å². The van der Waals surface area contributed by atoms with Crippen molar-refractivity contribution in [2.75, 3.05) is 0 Å². The maximum atomic E-state index is 14.1. The van der Waals surface area contributed by atoms with Gasteiger partial charge in [-0.2, -0.15) is 0 Å². The van der Waals surface area contributed by atoms with E-state index in [-0.39, 0.29) is 23.1 Å². The predicted molar refractivity (Wildman–Crippen MR) is 112 cm³/mol. The lowest BCUT2D eigenvalue weighted by atomic mass is 10.1. The molecule has 9 heteroatoms. The number of aromatic nitrogens is 3. The van der Waals surface area contributed by atoms with Crippen LogP contribution in [0.3, 0.4) is 0 Å². The normalized spacial score (nSPS) is 11.0. The first-order chi connectivity index (χ1) is 14.5. The zero-order valence-electron chi connectivity index (χ0n) is 15.5. The SMILES string of the molecule is O=C(Cn1c(=O)[nH]c2c(-c3ccccc3F)c[nH]c2c1=O)NCc1ccccc1Cl. The topological polar surface area (TPSA) is 99.8 Å². The molecular formula is C21H16ClFN4O3. The number of nitrogens with one attached hydrogen (secondary N) is 3. The molecule has 3 N–H and O–H groups in total. The molecule has 0 saturated carbocycles. The second-order valence-corrected chi connectivity index (χ2v) is 7.03. The molecule has 0 spiro atoms. The number of carbonyl (C=O) groups excluding carboxylic acids is 1. The quantitative estimate of drug-likeness (QED) is 0.457. The van der Waals surface area contributed by atoms with Gasteiger partial charge in [-0.3, -0.25) is 9.59 Å². The second-order valence-electron chi connectivity index (χ2n) is 6.62. The highest BCUT2D eigenvalue weighted by atomic mass is 35.5. The van der Waals surface area contributed by atoms with Gasteiger partial charge in [-0.25, -0.2) is 13.8 Å². The summed E-state index contributed by atoms with van der Waals surface area (Å²) in [7, 11) is 0. The third kappa shape index (κ3) is 3.65. The molecule has 0 fully saturated rings. The van der Waals surface area contributed by atoms with Gasteiger partial charge in [0, 0.05) is 28.9 Å². The largest absolute Gasteiger partial charge is 0.355 e. The molecule has 0 aliphatic rings. The molecule has 4 rings (SSSR count). The number of benzene rings is 2. The third-order valence-electron chi connectivity index (χ3n) is 4.72. The van der Waals surface area contributed by atoms with Gasteiger partial charge in [-0.15, -0.1) is 0 Å². The molecule has 0 atom stereocenters. The lowest BCUT2D eigenvalue weighted by molar-refractivity contribution is -0.121. The summed E-state index contributed by atoms with van der Waals surface area (Å²) < 4.78 is 14.9. The van der Waals surface area contributed by atoms with Crippen molar-refractivity contribution in [3.63, 3.8) is 0 Å². The van der Waals surface area contributed by atoms with Crippen LogP contribution in [0.1, 0.15) is 5.56 Å². The molecule has 2 aromatic carbocycles. The first-order valence-corrected chi connectivity index (χ1v) is 9.42. The van der Waals surface area contributed by atoms with Gasteiger partial charge in [0.05, 0.1) is 5.52 Å². The van der Waals surface area contributed by atoms with E-state index in [0.717, 1.165) is 4.57 Å². The molecule has 2 heterocycles. The minimum atomic E-state index is -0.766. The summed E-state index contributed by atoms with van der Waals surface area (Å²) >= 11 is 6.06. The Hall–Kier alpha value is -3.65. The van der Waals surface area contributed by atoms with E-state index in [1.54, 1.807) is 42.5 Å². The minimum absolute atomic E-state index is 0.0757. The molecule has 2 aromatic heterocycles. The minimum Gasteiger partial charge on any atom is -0.355 e. The van der Waals surface area contributed by atoms with Crippen LogP contribution in [0, 0.1) is 5.82 Å². The highest BCUT2D eigenvalue weighted by molar-refractivity contribution is 6.31. The van der Waals surface area contributed by atoms with E-state index in [0.29, 0.717) is 16.1 Å². The van der Waals surface area contributed by atoms with E-state index in [2.05, 4.69) is 15.3 Å². The Bertz CT molecular complexity index is 1370. The van der Waals surface area contributed by atoms with Crippen LogP contribution >= 0.6 is 11.6 Å². The van der Waals surface area contributed by atoms with Crippen molar-refractivity contribution < 1.29 is 9.18 Å². The van der Waals surface area contributed by atoms with Crippen molar-refractivity contribution in [3.8, 4) is 11.1 Å². The number of fused-ring (bicyclic) bond motifs is 1. The van der Waals surface area contributed by atoms with Gasteiger partial charge >= 0.3 is 5.69 Å². The summed E-state index contributed by atoms with van der Waals surface area (Å²) in [6.45, 7) is -0.310. The van der Waals surface area contributed by atoms with E-state index in [1.165, 1.54) is 12.3 Å². The standard InChI is InChI=1S/C21H16ClFN4O3/c22-15-7-3-1-5-12(15)9-24-17(28)11-27-20(29)19-18(26-21(27)30)14(10-25-19)13-6-2-4-8-16(13)23/h1-8,10,25H,9,11H2,(H,24,28)(H,26,30). The predicted octanol–water partition coefficient (Wildman–Crippen LogP) is 2.79. The molecule has 7 nitrogen and oxygen atoms in total. The van der Waals surface area contributed by atoms with Crippen molar-refractivity contribution in [1.29, 1.82) is 0 Å². The lowest BCUT2D eigenvalue weighted by Gasteiger charge is -2.08. The Morgan fingerprint density at radius 3 is 2.53 bits per heavy atom. The molecular weight excluding hydrogens is 411 g/mol. The molecule has 0 aliphatic carbocycles. The summed E-state index contributed by atoms with van der Waals surface area (Å²) in [4.78, 5) is 42.9. The Balaban J connectivity index is 1.62. The summed E-state index contributed by atoms with van der Waals surface area (Å²) in [5, 5.41) is 3.13. The van der Waals surface area contributed by atoms with E-state index in [9.17, 15) is 18.8 Å². The van der Waals surface area contributed by atoms with Gasteiger partial charge in [-0.05, 0) is 17.7 Å². The van der Waals surface area contributed by atoms with Crippen LogP contribution in [0.2, 0.25) is 5.02 Å². The van der Waals surface area contributed by atoms with E-state index >= 15 is 0 Å². The van der Waals surface area contributed by atoms with Crippen molar-refractivity contribution in [2.45, 2.75) is 13.1 Å². The lowest BCUT2D eigenvalue weighted by Crippen LogP contribution is -2.40. The number of rotatable bonds is 5.